The molecule has 0 aliphatic heterocycles. The van der Waals surface area contributed by atoms with Crippen LogP contribution in [0.2, 0.25) is 0 Å². The fourth-order valence-electron chi connectivity index (χ4n) is 3.15. The summed E-state index contributed by atoms with van der Waals surface area (Å²) in [6, 6.07) is 24.0. The predicted octanol–water partition coefficient (Wildman–Crippen LogP) is 4.68. The first-order valence-electron chi connectivity index (χ1n) is 9.19. The molecule has 4 rings (SSSR count). The summed E-state index contributed by atoms with van der Waals surface area (Å²) in [5, 5.41) is 14.3. The minimum absolute atomic E-state index is 0.142. The van der Waals surface area contributed by atoms with Gasteiger partial charge in [-0.3, -0.25) is 4.79 Å². The van der Waals surface area contributed by atoms with Crippen LogP contribution in [0.3, 0.4) is 0 Å². The Kier molecular flexibility index (Phi) is 5.03. The molecule has 5 heteroatoms. The zero-order valence-corrected chi connectivity index (χ0v) is 15.8. The van der Waals surface area contributed by atoms with Crippen molar-refractivity contribution in [2.24, 2.45) is 5.10 Å². The number of fused-ring (bicyclic) bond motifs is 1. The van der Waals surface area contributed by atoms with Crippen molar-refractivity contribution in [2.45, 2.75) is 6.92 Å². The molecule has 0 bridgehead atoms. The van der Waals surface area contributed by atoms with Gasteiger partial charge in [0.1, 0.15) is 5.75 Å². The Balaban J connectivity index is 1.69. The molecule has 0 saturated heterocycles. The van der Waals surface area contributed by atoms with Gasteiger partial charge in [0.2, 0.25) is 0 Å². The SMILES string of the molecule is Cc1cccc(-c2cc(C(=O)N/N=C\c3cccc(O)c3)c3ccccc3n2)c1. The summed E-state index contributed by atoms with van der Waals surface area (Å²) < 4.78 is 0. The second kappa shape index (κ2) is 7.94. The molecule has 0 fully saturated rings. The summed E-state index contributed by atoms with van der Waals surface area (Å²) in [4.78, 5) is 17.6. The molecule has 1 heterocycles. The lowest BCUT2D eigenvalue weighted by atomic mass is 10.0. The molecular formula is C24H19N3O2. The molecule has 1 aromatic heterocycles. The molecule has 5 nitrogen and oxygen atoms in total. The number of phenolic OH excluding ortho intramolecular Hbond substituents is 1. The molecule has 0 spiro atoms. The molecule has 0 atom stereocenters. The largest absolute Gasteiger partial charge is 0.508 e. The number of hydrogen-bond donors (Lipinski definition) is 2. The van der Waals surface area contributed by atoms with Crippen molar-refractivity contribution in [2.75, 3.05) is 0 Å². The van der Waals surface area contributed by atoms with Gasteiger partial charge in [0, 0.05) is 10.9 Å². The zero-order chi connectivity index (χ0) is 20.2. The molecule has 142 valence electrons. The van der Waals surface area contributed by atoms with E-state index in [9.17, 15) is 9.90 Å². The van der Waals surface area contributed by atoms with Gasteiger partial charge in [0.25, 0.3) is 5.91 Å². The van der Waals surface area contributed by atoms with Gasteiger partial charge >= 0.3 is 0 Å². The van der Waals surface area contributed by atoms with Crippen LogP contribution in [0.25, 0.3) is 22.2 Å². The number of phenols is 1. The Morgan fingerprint density at radius 1 is 1.00 bits per heavy atom. The number of hydrazone groups is 1. The first kappa shape index (κ1) is 18.4. The van der Waals surface area contributed by atoms with E-state index in [1.807, 2.05) is 55.5 Å². The number of rotatable bonds is 4. The molecule has 0 unspecified atom stereocenters. The average Bonchev–Trinajstić information content (AvgIpc) is 2.73. The van der Waals surface area contributed by atoms with Crippen LogP contribution in [0.5, 0.6) is 5.75 Å². The van der Waals surface area contributed by atoms with Crippen molar-refractivity contribution in [3.05, 3.63) is 95.6 Å². The molecule has 29 heavy (non-hydrogen) atoms. The highest BCUT2D eigenvalue weighted by molar-refractivity contribution is 6.07. The Bertz CT molecular complexity index is 1230. The van der Waals surface area contributed by atoms with Crippen LogP contribution in [0.15, 0.2) is 84.0 Å². The number of amides is 1. The minimum atomic E-state index is -0.325. The summed E-state index contributed by atoms with van der Waals surface area (Å²) >= 11 is 0. The van der Waals surface area contributed by atoms with Crippen molar-refractivity contribution >= 4 is 23.0 Å². The predicted molar refractivity (Wildman–Crippen MR) is 115 cm³/mol. The lowest BCUT2D eigenvalue weighted by Gasteiger charge is -2.09. The maximum absolute atomic E-state index is 12.9. The second-order valence-electron chi connectivity index (χ2n) is 6.74. The van der Waals surface area contributed by atoms with E-state index in [0.717, 1.165) is 27.7 Å². The van der Waals surface area contributed by atoms with Crippen LogP contribution in [-0.2, 0) is 0 Å². The Morgan fingerprint density at radius 2 is 1.83 bits per heavy atom. The Hall–Kier alpha value is -3.99. The van der Waals surface area contributed by atoms with Crippen LogP contribution in [-0.4, -0.2) is 22.2 Å². The average molecular weight is 381 g/mol. The first-order valence-corrected chi connectivity index (χ1v) is 9.19. The van der Waals surface area contributed by atoms with Crippen molar-refractivity contribution < 1.29 is 9.90 Å². The van der Waals surface area contributed by atoms with Crippen molar-refractivity contribution in [1.29, 1.82) is 0 Å². The summed E-state index contributed by atoms with van der Waals surface area (Å²) in [5.74, 6) is -0.183. The highest BCUT2D eigenvalue weighted by Gasteiger charge is 2.13. The van der Waals surface area contributed by atoms with Crippen LogP contribution in [0, 0.1) is 6.92 Å². The van der Waals surface area contributed by atoms with E-state index >= 15 is 0 Å². The number of carbonyl (C=O) groups is 1. The van der Waals surface area contributed by atoms with Crippen LogP contribution < -0.4 is 5.43 Å². The number of benzene rings is 3. The van der Waals surface area contributed by atoms with Crippen LogP contribution in [0.4, 0.5) is 0 Å². The summed E-state index contributed by atoms with van der Waals surface area (Å²) in [7, 11) is 0. The highest BCUT2D eigenvalue weighted by Crippen LogP contribution is 2.25. The fourth-order valence-corrected chi connectivity index (χ4v) is 3.15. The number of hydrogen-bond acceptors (Lipinski definition) is 4. The van der Waals surface area contributed by atoms with E-state index in [-0.39, 0.29) is 11.7 Å². The first-order chi connectivity index (χ1) is 14.1. The number of carbonyl (C=O) groups excluding carboxylic acids is 1. The van der Waals surface area contributed by atoms with E-state index in [1.165, 1.54) is 6.21 Å². The van der Waals surface area contributed by atoms with E-state index in [4.69, 9.17) is 4.98 Å². The molecular weight excluding hydrogens is 362 g/mol. The molecule has 3 aromatic carbocycles. The summed E-state index contributed by atoms with van der Waals surface area (Å²) in [5.41, 5.74) is 7.31. The molecule has 0 aliphatic rings. The lowest BCUT2D eigenvalue weighted by molar-refractivity contribution is 0.0956. The van der Waals surface area contributed by atoms with Crippen molar-refractivity contribution in [3.63, 3.8) is 0 Å². The van der Waals surface area contributed by atoms with E-state index in [1.54, 1.807) is 30.3 Å². The topological polar surface area (TPSA) is 74.6 Å². The molecule has 0 aliphatic carbocycles. The Labute approximate surface area is 168 Å². The zero-order valence-electron chi connectivity index (χ0n) is 15.8. The number of aromatic hydroxyl groups is 1. The van der Waals surface area contributed by atoms with Crippen molar-refractivity contribution in [3.8, 4) is 17.0 Å². The normalized spacial score (nSPS) is 11.1. The monoisotopic (exact) mass is 381 g/mol. The van der Waals surface area contributed by atoms with Gasteiger partial charge < -0.3 is 5.11 Å². The minimum Gasteiger partial charge on any atom is -0.508 e. The van der Waals surface area contributed by atoms with Gasteiger partial charge in [0.15, 0.2) is 0 Å². The third-order valence-electron chi connectivity index (χ3n) is 4.52. The quantitative estimate of drug-likeness (QED) is 0.398. The van der Waals surface area contributed by atoms with Crippen LogP contribution in [0.1, 0.15) is 21.5 Å². The van der Waals surface area contributed by atoms with Crippen molar-refractivity contribution in [1.82, 2.24) is 10.4 Å². The molecule has 2 N–H and O–H groups in total. The van der Waals surface area contributed by atoms with Gasteiger partial charge in [-0.05, 0) is 42.8 Å². The van der Waals surface area contributed by atoms with Gasteiger partial charge in [-0.2, -0.15) is 5.10 Å². The second-order valence-corrected chi connectivity index (χ2v) is 6.74. The van der Waals surface area contributed by atoms with Gasteiger partial charge in [-0.1, -0.05) is 54.1 Å². The summed E-state index contributed by atoms with van der Waals surface area (Å²) in [6.45, 7) is 2.02. The number of nitrogens with one attached hydrogen (secondary N) is 1. The maximum Gasteiger partial charge on any atom is 0.272 e. The number of nitrogens with zero attached hydrogens (tertiary/aromatic N) is 2. The maximum atomic E-state index is 12.9. The van der Waals surface area contributed by atoms with Gasteiger partial charge in [-0.25, -0.2) is 10.4 Å². The number of aryl methyl sites for hydroxylation is 1. The third kappa shape index (κ3) is 4.14. The fraction of sp³-hybridized carbons (Fsp3) is 0.0417. The molecule has 1 amide bonds. The van der Waals surface area contributed by atoms with Gasteiger partial charge in [-0.15, -0.1) is 0 Å². The third-order valence-corrected chi connectivity index (χ3v) is 4.52. The smallest absolute Gasteiger partial charge is 0.272 e. The number of pyridine rings is 1. The van der Waals surface area contributed by atoms with Crippen LogP contribution >= 0.6 is 0 Å². The molecule has 0 radical (unpaired) electrons. The lowest BCUT2D eigenvalue weighted by Crippen LogP contribution is -2.18. The van der Waals surface area contributed by atoms with E-state index in [2.05, 4.69) is 10.5 Å². The van der Waals surface area contributed by atoms with E-state index < -0.39 is 0 Å². The van der Waals surface area contributed by atoms with Gasteiger partial charge in [0.05, 0.1) is 23.0 Å². The summed E-state index contributed by atoms with van der Waals surface area (Å²) in [6.07, 6.45) is 1.49. The standard InChI is InChI=1S/C24H19N3O2/c1-16-6-4-8-18(12-16)23-14-21(20-10-2-3-11-22(20)26-23)24(29)27-25-15-17-7-5-9-19(28)13-17/h2-15,28H,1H3,(H,27,29)/b25-15-. The highest BCUT2D eigenvalue weighted by atomic mass is 16.3. The number of aromatic nitrogens is 1. The Morgan fingerprint density at radius 3 is 2.66 bits per heavy atom. The molecule has 0 saturated carbocycles. The number of para-hydroxylation sites is 1. The molecule has 4 aromatic rings. The van der Waals surface area contributed by atoms with E-state index in [0.29, 0.717) is 11.1 Å².